The van der Waals surface area contributed by atoms with Crippen molar-refractivity contribution in [1.82, 2.24) is 10.6 Å². The van der Waals surface area contributed by atoms with Crippen LogP contribution in [0, 0.1) is 25.7 Å². The summed E-state index contributed by atoms with van der Waals surface area (Å²) < 4.78 is 6.43. The number of amides is 3. The Balaban J connectivity index is 1.35. The summed E-state index contributed by atoms with van der Waals surface area (Å²) in [5.41, 5.74) is 2.33. The summed E-state index contributed by atoms with van der Waals surface area (Å²) in [5, 5.41) is 7.98. The van der Waals surface area contributed by atoms with Crippen molar-refractivity contribution in [1.29, 1.82) is 0 Å². The molecule has 2 bridgehead atoms. The number of nitrogens with zero attached hydrogens (tertiary/aromatic N) is 1. The van der Waals surface area contributed by atoms with Crippen molar-refractivity contribution in [2.24, 2.45) is 11.8 Å². The standard InChI is InChI=1S/C30H29N3O4S/c1-18-10-11-22(19(2)15-18)33-26(28(35)31-16-20-7-4-3-5-8-20)30-13-12-23(37-30)24(25(30)29(33)36)27(34)32-17-21-9-6-14-38-21/h3-15,23-26H,16-17H2,1-2H3,(H,31,35)(H,32,34)/t23-,24-,25+,26+,30+/m1/s1. The highest BCUT2D eigenvalue weighted by atomic mass is 32.1. The minimum absolute atomic E-state index is 0.237. The lowest BCUT2D eigenvalue weighted by Crippen LogP contribution is -2.54. The first-order valence-electron chi connectivity index (χ1n) is 12.8. The Bertz CT molecular complexity index is 1420. The normalized spacial score (nSPS) is 27.0. The van der Waals surface area contributed by atoms with Gasteiger partial charge in [-0.05, 0) is 42.5 Å². The van der Waals surface area contributed by atoms with Crippen LogP contribution in [0.3, 0.4) is 0 Å². The number of thiophene rings is 1. The van der Waals surface area contributed by atoms with E-state index in [0.717, 1.165) is 21.6 Å². The van der Waals surface area contributed by atoms with Crippen LogP contribution in [-0.4, -0.2) is 35.5 Å². The summed E-state index contributed by atoms with van der Waals surface area (Å²) in [6.45, 7) is 4.63. The van der Waals surface area contributed by atoms with Gasteiger partial charge >= 0.3 is 0 Å². The van der Waals surface area contributed by atoms with Crippen LogP contribution >= 0.6 is 11.3 Å². The third kappa shape index (κ3) is 3.95. The Morgan fingerprint density at radius 2 is 1.79 bits per heavy atom. The van der Waals surface area contributed by atoms with Gasteiger partial charge in [0.15, 0.2) is 0 Å². The highest BCUT2D eigenvalue weighted by Crippen LogP contribution is 2.56. The molecule has 5 atom stereocenters. The fourth-order valence-electron chi connectivity index (χ4n) is 6.09. The molecule has 2 aromatic carbocycles. The van der Waals surface area contributed by atoms with E-state index in [2.05, 4.69) is 10.6 Å². The van der Waals surface area contributed by atoms with Gasteiger partial charge in [0.05, 0.1) is 24.5 Å². The Labute approximate surface area is 225 Å². The van der Waals surface area contributed by atoms with Crippen molar-refractivity contribution in [3.63, 3.8) is 0 Å². The number of hydrogen-bond donors (Lipinski definition) is 2. The molecular formula is C30H29N3O4S. The summed E-state index contributed by atoms with van der Waals surface area (Å²) in [5.74, 6) is -2.32. The molecule has 2 fully saturated rings. The number of nitrogens with one attached hydrogen (secondary N) is 2. The van der Waals surface area contributed by atoms with E-state index >= 15 is 0 Å². The number of anilines is 1. The van der Waals surface area contributed by atoms with E-state index in [1.54, 1.807) is 16.2 Å². The van der Waals surface area contributed by atoms with Gasteiger partial charge in [-0.15, -0.1) is 11.3 Å². The maximum atomic E-state index is 14.2. The van der Waals surface area contributed by atoms with Crippen LogP contribution in [0.5, 0.6) is 0 Å². The number of ether oxygens (including phenoxy) is 1. The zero-order valence-corrected chi connectivity index (χ0v) is 22.0. The third-order valence-corrected chi connectivity index (χ3v) is 8.64. The van der Waals surface area contributed by atoms with Crippen LogP contribution in [0.1, 0.15) is 21.6 Å². The van der Waals surface area contributed by atoms with Crippen LogP contribution in [0.25, 0.3) is 0 Å². The van der Waals surface area contributed by atoms with E-state index in [1.807, 2.05) is 92.0 Å². The van der Waals surface area contributed by atoms with Gasteiger partial charge in [0.25, 0.3) is 0 Å². The van der Waals surface area contributed by atoms with E-state index in [0.29, 0.717) is 18.8 Å². The van der Waals surface area contributed by atoms with E-state index in [1.165, 1.54) is 0 Å². The number of carbonyl (C=O) groups excluding carboxylic acids is 3. The van der Waals surface area contributed by atoms with Crippen molar-refractivity contribution in [2.75, 3.05) is 4.90 Å². The SMILES string of the molecule is Cc1ccc(N2C(=O)[C@@H]3[C@H](C(=O)NCc4cccs4)[C@H]4C=C[C@@]3(O4)[C@@H]2C(=O)NCc2ccccc2)c(C)c1. The van der Waals surface area contributed by atoms with Gasteiger partial charge in [-0.1, -0.05) is 66.2 Å². The second kappa shape index (κ2) is 9.53. The van der Waals surface area contributed by atoms with Crippen LogP contribution in [-0.2, 0) is 32.2 Å². The van der Waals surface area contributed by atoms with Crippen molar-refractivity contribution < 1.29 is 19.1 Å². The van der Waals surface area contributed by atoms with Crippen LogP contribution in [0.15, 0.2) is 78.2 Å². The molecule has 2 N–H and O–H groups in total. The molecule has 0 aliphatic carbocycles. The van der Waals surface area contributed by atoms with Gasteiger partial charge in [-0.2, -0.15) is 0 Å². The number of fused-ring (bicyclic) bond motifs is 1. The first-order valence-corrected chi connectivity index (χ1v) is 13.7. The van der Waals surface area contributed by atoms with Gasteiger partial charge in [-0.25, -0.2) is 0 Å². The third-order valence-electron chi connectivity index (χ3n) is 7.76. The number of benzene rings is 2. The smallest absolute Gasteiger partial charge is 0.246 e. The van der Waals surface area contributed by atoms with Gasteiger partial charge in [0.2, 0.25) is 17.7 Å². The fraction of sp³-hybridized carbons (Fsp3) is 0.300. The Kier molecular flexibility index (Phi) is 6.16. The maximum absolute atomic E-state index is 14.2. The van der Waals surface area contributed by atoms with E-state index in [9.17, 15) is 14.4 Å². The van der Waals surface area contributed by atoms with Gasteiger partial charge in [0.1, 0.15) is 11.6 Å². The van der Waals surface area contributed by atoms with Crippen molar-refractivity contribution >= 4 is 34.7 Å². The molecule has 0 radical (unpaired) electrons. The van der Waals surface area contributed by atoms with Crippen molar-refractivity contribution in [3.05, 3.63) is 99.8 Å². The molecule has 8 heteroatoms. The molecule has 2 saturated heterocycles. The molecule has 7 nitrogen and oxygen atoms in total. The molecule has 38 heavy (non-hydrogen) atoms. The van der Waals surface area contributed by atoms with E-state index < -0.39 is 29.6 Å². The molecule has 3 aromatic rings. The zero-order valence-electron chi connectivity index (χ0n) is 21.2. The lowest BCUT2D eigenvalue weighted by Gasteiger charge is -2.32. The lowest BCUT2D eigenvalue weighted by molar-refractivity contribution is -0.132. The molecule has 6 rings (SSSR count). The molecule has 0 unspecified atom stereocenters. The van der Waals surface area contributed by atoms with Gasteiger partial charge < -0.3 is 15.4 Å². The summed E-state index contributed by atoms with van der Waals surface area (Å²) in [6, 6.07) is 18.4. The summed E-state index contributed by atoms with van der Waals surface area (Å²) in [4.78, 5) is 44.1. The van der Waals surface area contributed by atoms with Crippen molar-refractivity contribution in [2.45, 2.75) is 44.7 Å². The van der Waals surface area contributed by atoms with E-state index in [4.69, 9.17) is 4.74 Å². The predicted molar refractivity (Wildman–Crippen MR) is 145 cm³/mol. The monoisotopic (exact) mass is 527 g/mol. The van der Waals surface area contributed by atoms with Gasteiger partial charge in [-0.3, -0.25) is 19.3 Å². The Morgan fingerprint density at radius 1 is 1.00 bits per heavy atom. The minimum Gasteiger partial charge on any atom is -0.359 e. The molecule has 3 aliphatic rings. The summed E-state index contributed by atoms with van der Waals surface area (Å²) >= 11 is 1.56. The number of rotatable bonds is 7. The molecule has 1 aromatic heterocycles. The predicted octanol–water partition coefficient (Wildman–Crippen LogP) is 3.65. The molecule has 4 heterocycles. The quantitative estimate of drug-likeness (QED) is 0.459. The van der Waals surface area contributed by atoms with Crippen LogP contribution in [0.4, 0.5) is 5.69 Å². The van der Waals surface area contributed by atoms with Crippen LogP contribution in [0.2, 0.25) is 0 Å². The second-order valence-electron chi connectivity index (χ2n) is 10.2. The fourth-order valence-corrected chi connectivity index (χ4v) is 6.74. The largest absolute Gasteiger partial charge is 0.359 e. The average Bonchev–Trinajstić information content (AvgIpc) is 3.69. The average molecular weight is 528 g/mol. The van der Waals surface area contributed by atoms with Crippen molar-refractivity contribution in [3.8, 4) is 0 Å². The summed E-state index contributed by atoms with van der Waals surface area (Å²) in [6.07, 6.45) is 3.11. The number of hydrogen-bond acceptors (Lipinski definition) is 5. The minimum atomic E-state index is -1.22. The van der Waals surface area contributed by atoms with Gasteiger partial charge in [0, 0.05) is 17.1 Å². The number of aryl methyl sites for hydroxylation is 2. The topological polar surface area (TPSA) is 87.7 Å². The maximum Gasteiger partial charge on any atom is 0.246 e. The molecule has 1 spiro atoms. The first kappa shape index (κ1) is 24.6. The molecule has 0 saturated carbocycles. The molecule has 3 amide bonds. The number of carbonyl (C=O) groups is 3. The Hall–Kier alpha value is -3.75. The molecular weight excluding hydrogens is 498 g/mol. The second-order valence-corrected chi connectivity index (χ2v) is 11.2. The Morgan fingerprint density at radius 3 is 2.53 bits per heavy atom. The molecule has 3 aliphatic heterocycles. The highest BCUT2D eigenvalue weighted by Gasteiger charge is 2.73. The molecule has 194 valence electrons. The van der Waals surface area contributed by atoms with E-state index in [-0.39, 0.29) is 17.7 Å². The zero-order chi connectivity index (χ0) is 26.4. The lowest BCUT2D eigenvalue weighted by atomic mass is 9.74. The highest BCUT2D eigenvalue weighted by molar-refractivity contribution is 7.09. The van der Waals surface area contributed by atoms with Crippen LogP contribution < -0.4 is 15.5 Å². The first-order chi connectivity index (χ1) is 18.4. The summed E-state index contributed by atoms with van der Waals surface area (Å²) in [7, 11) is 0.